The maximum absolute atomic E-state index is 11.0. The zero-order valence-electron chi connectivity index (χ0n) is 10.8. The van der Waals surface area contributed by atoms with Gasteiger partial charge in [0, 0.05) is 17.7 Å². The van der Waals surface area contributed by atoms with Gasteiger partial charge in [0.1, 0.15) is 16.7 Å². The summed E-state index contributed by atoms with van der Waals surface area (Å²) in [5, 5.41) is 0.797. The number of hydrogen-bond acceptors (Lipinski definition) is 7. The molecule has 6 nitrogen and oxygen atoms in total. The molecule has 1 aromatic heterocycles. The van der Waals surface area contributed by atoms with Gasteiger partial charge in [-0.25, -0.2) is 15.8 Å². The molecule has 0 atom stereocenters. The van der Waals surface area contributed by atoms with Crippen molar-refractivity contribution in [1.82, 2.24) is 9.97 Å². The zero-order chi connectivity index (χ0) is 13.5. The maximum Gasteiger partial charge on any atom is 0.306 e. The molecule has 0 aromatic carbocycles. The highest BCUT2D eigenvalue weighted by Gasteiger charge is 2.09. The molecule has 7 heteroatoms. The van der Waals surface area contributed by atoms with Crippen LogP contribution in [0.3, 0.4) is 0 Å². The highest BCUT2D eigenvalue weighted by Crippen LogP contribution is 2.21. The molecule has 0 fully saturated rings. The van der Waals surface area contributed by atoms with E-state index in [4.69, 9.17) is 5.84 Å². The molecule has 18 heavy (non-hydrogen) atoms. The van der Waals surface area contributed by atoms with Crippen LogP contribution in [0.15, 0.2) is 11.1 Å². The Morgan fingerprint density at radius 3 is 2.83 bits per heavy atom. The number of rotatable bonds is 6. The second kappa shape index (κ2) is 7.17. The fraction of sp³-hybridized carbons (Fsp3) is 0.545. The van der Waals surface area contributed by atoms with Crippen LogP contribution in [-0.4, -0.2) is 28.8 Å². The van der Waals surface area contributed by atoms with E-state index in [1.807, 2.05) is 13.8 Å². The van der Waals surface area contributed by atoms with Gasteiger partial charge in [0.25, 0.3) is 0 Å². The molecule has 1 aromatic rings. The van der Waals surface area contributed by atoms with Gasteiger partial charge in [-0.3, -0.25) is 4.79 Å². The van der Waals surface area contributed by atoms with E-state index in [1.165, 1.54) is 18.9 Å². The van der Waals surface area contributed by atoms with Crippen LogP contribution in [0.4, 0.5) is 5.82 Å². The Hall–Kier alpha value is -1.34. The van der Waals surface area contributed by atoms with E-state index in [2.05, 4.69) is 20.1 Å². The second-order valence-corrected chi connectivity index (χ2v) is 5.04. The summed E-state index contributed by atoms with van der Waals surface area (Å²) < 4.78 is 4.58. The van der Waals surface area contributed by atoms with Crippen LogP contribution in [0.25, 0.3) is 0 Å². The fourth-order valence-corrected chi connectivity index (χ4v) is 2.02. The summed E-state index contributed by atoms with van der Waals surface area (Å²) in [5.41, 5.74) is 2.52. The number of ether oxygens (including phenoxy) is 1. The molecule has 0 spiro atoms. The van der Waals surface area contributed by atoms with Crippen LogP contribution in [0.5, 0.6) is 0 Å². The number of hydrazine groups is 1. The van der Waals surface area contributed by atoms with Crippen molar-refractivity contribution in [3.05, 3.63) is 11.9 Å². The minimum Gasteiger partial charge on any atom is -0.469 e. The van der Waals surface area contributed by atoms with E-state index in [-0.39, 0.29) is 11.9 Å². The quantitative estimate of drug-likeness (QED) is 0.266. The maximum atomic E-state index is 11.0. The summed E-state index contributed by atoms with van der Waals surface area (Å²) in [6.45, 7) is 4.02. The number of carbonyl (C=O) groups is 1. The molecule has 0 saturated carbocycles. The van der Waals surface area contributed by atoms with Crippen molar-refractivity contribution in [2.45, 2.75) is 31.2 Å². The topological polar surface area (TPSA) is 90.1 Å². The standard InChI is InChI=1S/C11H18N4O2S/c1-7(2)11-13-8(15-12)6-9(14-11)18-5-4-10(16)17-3/h6-7H,4-5,12H2,1-3H3,(H,13,14,15). The van der Waals surface area contributed by atoms with Gasteiger partial charge in [-0.1, -0.05) is 13.8 Å². The minimum atomic E-state index is -0.224. The zero-order valence-corrected chi connectivity index (χ0v) is 11.6. The number of hydrogen-bond donors (Lipinski definition) is 2. The molecule has 3 N–H and O–H groups in total. The summed E-state index contributed by atoms with van der Waals surface area (Å²) in [4.78, 5) is 19.7. The van der Waals surface area contributed by atoms with E-state index in [9.17, 15) is 4.79 Å². The minimum absolute atomic E-state index is 0.221. The Morgan fingerprint density at radius 2 is 2.28 bits per heavy atom. The summed E-state index contributed by atoms with van der Waals surface area (Å²) >= 11 is 1.48. The number of nitrogens with zero attached hydrogens (tertiary/aromatic N) is 2. The summed E-state index contributed by atoms with van der Waals surface area (Å²) in [6.07, 6.45) is 0.355. The van der Waals surface area contributed by atoms with Crippen LogP contribution in [-0.2, 0) is 9.53 Å². The third-order valence-corrected chi connectivity index (χ3v) is 3.08. The number of nitrogens with one attached hydrogen (secondary N) is 1. The Morgan fingerprint density at radius 1 is 1.56 bits per heavy atom. The third kappa shape index (κ3) is 4.50. The molecule has 1 heterocycles. The lowest BCUT2D eigenvalue weighted by molar-refractivity contribution is -0.140. The van der Waals surface area contributed by atoms with E-state index in [0.717, 1.165) is 10.9 Å². The smallest absolute Gasteiger partial charge is 0.306 e. The molecular formula is C11H18N4O2S. The Balaban J connectivity index is 2.69. The van der Waals surface area contributed by atoms with Gasteiger partial charge in [0.05, 0.1) is 13.5 Å². The Bertz CT molecular complexity index is 412. The van der Waals surface area contributed by atoms with Crippen molar-refractivity contribution >= 4 is 23.5 Å². The fourth-order valence-electron chi connectivity index (χ4n) is 1.19. The first-order valence-electron chi connectivity index (χ1n) is 5.62. The molecule has 0 aliphatic rings. The Kier molecular flexibility index (Phi) is 5.87. The van der Waals surface area contributed by atoms with E-state index in [0.29, 0.717) is 18.0 Å². The van der Waals surface area contributed by atoms with Crippen molar-refractivity contribution in [2.24, 2.45) is 5.84 Å². The van der Waals surface area contributed by atoms with Gasteiger partial charge in [-0.15, -0.1) is 11.8 Å². The summed E-state index contributed by atoms with van der Waals surface area (Å²) in [6, 6.07) is 1.76. The number of carbonyl (C=O) groups excluding carboxylic acids is 1. The average molecular weight is 270 g/mol. The second-order valence-electron chi connectivity index (χ2n) is 3.92. The highest BCUT2D eigenvalue weighted by atomic mass is 32.2. The molecule has 0 amide bonds. The molecule has 0 unspecified atom stereocenters. The molecule has 0 saturated heterocycles. The predicted octanol–water partition coefficient (Wildman–Crippen LogP) is 1.54. The molecule has 100 valence electrons. The van der Waals surface area contributed by atoms with Gasteiger partial charge < -0.3 is 10.2 Å². The van der Waals surface area contributed by atoms with Crippen LogP contribution in [0, 0.1) is 0 Å². The SMILES string of the molecule is COC(=O)CCSc1cc(NN)nc(C(C)C)n1. The van der Waals surface area contributed by atoms with Gasteiger partial charge in [0.15, 0.2) is 0 Å². The predicted molar refractivity (Wildman–Crippen MR) is 71.3 cm³/mol. The lowest BCUT2D eigenvalue weighted by Crippen LogP contribution is -2.11. The monoisotopic (exact) mass is 270 g/mol. The number of nitrogens with two attached hydrogens (primary N) is 1. The van der Waals surface area contributed by atoms with Crippen molar-refractivity contribution in [1.29, 1.82) is 0 Å². The van der Waals surface area contributed by atoms with Gasteiger partial charge >= 0.3 is 5.97 Å². The van der Waals surface area contributed by atoms with Crippen molar-refractivity contribution in [2.75, 3.05) is 18.3 Å². The van der Waals surface area contributed by atoms with Gasteiger partial charge in [-0.2, -0.15) is 0 Å². The molecule has 0 bridgehead atoms. The first-order valence-corrected chi connectivity index (χ1v) is 6.60. The molecule has 0 aliphatic carbocycles. The Labute approximate surface area is 111 Å². The van der Waals surface area contributed by atoms with Crippen LogP contribution < -0.4 is 11.3 Å². The molecule has 0 aliphatic heterocycles. The van der Waals surface area contributed by atoms with Crippen molar-refractivity contribution < 1.29 is 9.53 Å². The number of methoxy groups -OCH3 is 1. The van der Waals surface area contributed by atoms with E-state index in [1.54, 1.807) is 6.07 Å². The van der Waals surface area contributed by atoms with Crippen LogP contribution in [0.1, 0.15) is 32.0 Å². The van der Waals surface area contributed by atoms with E-state index < -0.39 is 0 Å². The van der Waals surface area contributed by atoms with Gasteiger partial charge in [-0.05, 0) is 0 Å². The number of anilines is 1. The first-order chi connectivity index (χ1) is 8.56. The number of thioether (sulfide) groups is 1. The normalized spacial score (nSPS) is 10.5. The van der Waals surface area contributed by atoms with Gasteiger partial charge in [0.2, 0.25) is 0 Å². The molecular weight excluding hydrogens is 252 g/mol. The number of nitrogen functional groups attached to an aromatic ring is 1. The molecule has 1 rings (SSSR count). The van der Waals surface area contributed by atoms with E-state index >= 15 is 0 Å². The summed E-state index contributed by atoms with van der Waals surface area (Å²) in [7, 11) is 1.38. The van der Waals surface area contributed by atoms with Crippen molar-refractivity contribution in [3.8, 4) is 0 Å². The largest absolute Gasteiger partial charge is 0.469 e. The number of esters is 1. The third-order valence-electron chi connectivity index (χ3n) is 2.17. The highest BCUT2D eigenvalue weighted by molar-refractivity contribution is 7.99. The average Bonchev–Trinajstić information content (AvgIpc) is 2.37. The lowest BCUT2D eigenvalue weighted by Gasteiger charge is -2.09. The van der Waals surface area contributed by atoms with Crippen molar-refractivity contribution in [3.63, 3.8) is 0 Å². The number of aromatic nitrogens is 2. The van der Waals surface area contributed by atoms with Crippen LogP contribution >= 0.6 is 11.8 Å². The lowest BCUT2D eigenvalue weighted by atomic mass is 10.2. The molecule has 0 radical (unpaired) electrons. The van der Waals surface area contributed by atoms with Crippen LogP contribution in [0.2, 0.25) is 0 Å². The first kappa shape index (κ1) is 14.7. The summed E-state index contributed by atoms with van der Waals surface area (Å²) in [5.74, 6) is 7.28.